The van der Waals surface area contributed by atoms with E-state index in [1.165, 1.54) is 17.1 Å². The molecular weight excluding hydrogens is 310 g/mol. The van der Waals surface area contributed by atoms with Gasteiger partial charge in [-0.2, -0.15) is 19.6 Å². The smallest absolute Gasteiger partial charge is 0.212 e. The van der Waals surface area contributed by atoms with Crippen LogP contribution in [0.25, 0.3) is 0 Å². The van der Waals surface area contributed by atoms with Crippen LogP contribution in [0.3, 0.4) is 0 Å². The van der Waals surface area contributed by atoms with E-state index in [1.54, 1.807) is 6.92 Å². The van der Waals surface area contributed by atoms with Crippen molar-refractivity contribution in [2.75, 3.05) is 18.8 Å². The maximum Gasteiger partial charge on any atom is 0.236 e. The Morgan fingerprint density at radius 2 is 1.27 bits per heavy atom. The summed E-state index contributed by atoms with van der Waals surface area (Å²) in [5.74, 6) is -1.65. The summed E-state index contributed by atoms with van der Waals surface area (Å²) in [7, 11) is -3.17. The zero-order valence-corrected chi connectivity index (χ0v) is 13.9. The van der Waals surface area contributed by atoms with Crippen molar-refractivity contribution in [1.29, 1.82) is 0 Å². The van der Waals surface area contributed by atoms with Crippen LogP contribution in [-0.2, 0) is 29.6 Å². The number of nitrogens with zero attached hydrogens (tertiary/aromatic N) is 1. The van der Waals surface area contributed by atoms with Crippen LogP contribution in [0.4, 0.5) is 0 Å². The number of hydrogen-bond donors (Lipinski definition) is 0. The van der Waals surface area contributed by atoms with E-state index >= 15 is 0 Å². The van der Waals surface area contributed by atoms with Crippen LogP contribution >= 0.6 is 0 Å². The minimum atomic E-state index is -3.17. The average molecular weight is 335 g/mol. The Labute approximate surface area is 131 Å². The lowest BCUT2D eigenvalue weighted by atomic mass is 10.1. The fourth-order valence-electron chi connectivity index (χ4n) is 3.22. The molecule has 0 bridgehead atoms. The molecule has 3 rings (SSSR count). The summed E-state index contributed by atoms with van der Waals surface area (Å²) in [6, 6.07) is 0. The van der Waals surface area contributed by atoms with Gasteiger partial charge in [-0.25, -0.2) is 12.7 Å². The third-order valence-corrected chi connectivity index (χ3v) is 6.68. The lowest BCUT2D eigenvalue weighted by Crippen LogP contribution is -2.56. The largest absolute Gasteiger partial charge is 0.236 e. The molecule has 3 aliphatic rings. The van der Waals surface area contributed by atoms with Crippen LogP contribution in [0, 0.1) is 0 Å². The van der Waals surface area contributed by atoms with Gasteiger partial charge in [-0.3, -0.25) is 0 Å². The summed E-state index contributed by atoms with van der Waals surface area (Å²) in [5, 5.41) is 0. The summed E-state index contributed by atoms with van der Waals surface area (Å²) < 4.78 is 25.2. The number of hydrogen-bond acceptors (Lipinski definition) is 6. The topological polar surface area (TPSA) is 74.3 Å². The molecule has 0 N–H and O–H groups in total. The molecule has 2 saturated heterocycles. The first kappa shape index (κ1) is 16.6. The van der Waals surface area contributed by atoms with Crippen LogP contribution in [0.15, 0.2) is 0 Å². The van der Waals surface area contributed by atoms with Crippen LogP contribution in [-0.4, -0.2) is 43.1 Å². The van der Waals surface area contributed by atoms with E-state index in [2.05, 4.69) is 0 Å². The molecule has 1 aliphatic carbocycles. The second kappa shape index (κ2) is 6.33. The van der Waals surface area contributed by atoms with E-state index in [0.29, 0.717) is 25.9 Å². The molecule has 0 radical (unpaired) electrons. The van der Waals surface area contributed by atoms with Crippen LogP contribution in [0.2, 0.25) is 0 Å². The van der Waals surface area contributed by atoms with Crippen molar-refractivity contribution < 1.29 is 28.0 Å². The highest BCUT2D eigenvalue weighted by atomic mass is 32.2. The van der Waals surface area contributed by atoms with E-state index in [1.807, 2.05) is 0 Å². The summed E-state index contributed by atoms with van der Waals surface area (Å²) >= 11 is 0. The average Bonchev–Trinajstić information content (AvgIpc) is 2.77. The lowest BCUT2D eigenvalue weighted by Gasteiger charge is -2.45. The second-order valence-corrected chi connectivity index (χ2v) is 8.63. The predicted octanol–water partition coefficient (Wildman–Crippen LogP) is 2.09. The zero-order valence-electron chi connectivity index (χ0n) is 13.1. The molecule has 22 heavy (non-hydrogen) atoms. The monoisotopic (exact) mass is 335 g/mol. The molecule has 0 unspecified atom stereocenters. The van der Waals surface area contributed by atoms with Gasteiger partial charge in [-0.15, -0.1) is 0 Å². The Kier molecular flexibility index (Phi) is 4.78. The van der Waals surface area contributed by atoms with E-state index in [-0.39, 0.29) is 5.75 Å². The van der Waals surface area contributed by atoms with Crippen molar-refractivity contribution in [1.82, 2.24) is 4.31 Å². The molecule has 0 aromatic heterocycles. The van der Waals surface area contributed by atoms with Gasteiger partial charge in [0.15, 0.2) is 0 Å². The highest BCUT2D eigenvalue weighted by molar-refractivity contribution is 7.89. The molecule has 0 aromatic rings. The molecule has 7 nitrogen and oxygen atoms in total. The highest BCUT2D eigenvalue weighted by Crippen LogP contribution is 2.41. The molecular formula is C14H25NO6S. The Morgan fingerprint density at radius 3 is 1.73 bits per heavy atom. The van der Waals surface area contributed by atoms with Gasteiger partial charge in [-0.1, -0.05) is 12.8 Å². The quantitative estimate of drug-likeness (QED) is 0.719. The van der Waals surface area contributed by atoms with Gasteiger partial charge in [0.2, 0.25) is 21.6 Å². The molecule has 3 fully saturated rings. The second-order valence-electron chi connectivity index (χ2n) is 6.37. The van der Waals surface area contributed by atoms with Crippen molar-refractivity contribution in [3.63, 3.8) is 0 Å². The van der Waals surface area contributed by atoms with Crippen molar-refractivity contribution in [3.8, 4) is 0 Å². The molecule has 1 saturated carbocycles. The minimum absolute atomic E-state index is 0.109. The van der Waals surface area contributed by atoms with Crippen molar-refractivity contribution in [3.05, 3.63) is 0 Å². The molecule has 2 heterocycles. The van der Waals surface area contributed by atoms with Gasteiger partial charge < -0.3 is 0 Å². The maximum absolute atomic E-state index is 11.9. The Balaban J connectivity index is 1.57. The van der Waals surface area contributed by atoms with Crippen molar-refractivity contribution in [2.45, 2.75) is 69.9 Å². The first-order valence-corrected chi connectivity index (χ1v) is 9.82. The molecule has 128 valence electrons. The Hall–Kier alpha value is -0.250. The first-order chi connectivity index (χ1) is 10.5. The fourth-order valence-corrected chi connectivity index (χ4v) is 4.32. The van der Waals surface area contributed by atoms with E-state index in [9.17, 15) is 8.42 Å². The summed E-state index contributed by atoms with van der Waals surface area (Å²) in [4.78, 5) is 22.4. The van der Waals surface area contributed by atoms with Gasteiger partial charge in [0.05, 0.1) is 5.75 Å². The fraction of sp³-hybridized carbons (Fsp3) is 1.00. The SMILES string of the molecule is CCS(=O)(=O)N1CCC2(CC1)OOC1(CCCCCC1)OO2. The van der Waals surface area contributed by atoms with Crippen molar-refractivity contribution >= 4 is 10.0 Å². The summed E-state index contributed by atoms with van der Waals surface area (Å²) in [6.07, 6.45) is 6.74. The van der Waals surface area contributed by atoms with Crippen LogP contribution in [0.1, 0.15) is 58.3 Å². The van der Waals surface area contributed by atoms with Gasteiger partial charge in [0.25, 0.3) is 0 Å². The van der Waals surface area contributed by atoms with Crippen molar-refractivity contribution in [2.24, 2.45) is 0 Å². The maximum atomic E-state index is 11.9. The predicted molar refractivity (Wildman–Crippen MR) is 77.8 cm³/mol. The zero-order chi connectivity index (χ0) is 15.7. The Bertz CT molecular complexity index is 466. The third kappa shape index (κ3) is 3.32. The molecule has 2 spiro atoms. The highest BCUT2D eigenvalue weighted by Gasteiger charge is 2.51. The van der Waals surface area contributed by atoms with Crippen LogP contribution in [0.5, 0.6) is 0 Å². The first-order valence-electron chi connectivity index (χ1n) is 8.21. The molecule has 0 atom stereocenters. The Morgan fingerprint density at radius 1 is 0.818 bits per heavy atom. The normalized spacial score (nSPS) is 29.5. The number of piperidine rings is 1. The minimum Gasteiger partial charge on any atom is -0.212 e. The van der Waals surface area contributed by atoms with E-state index in [4.69, 9.17) is 19.6 Å². The molecule has 2 aliphatic heterocycles. The van der Waals surface area contributed by atoms with E-state index < -0.39 is 21.6 Å². The standard InChI is InChI=1S/C14H25NO6S/c1-2-22(16,17)15-11-9-14(10-12-15)20-18-13(19-21-14)7-5-3-4-6-8-13/h2-12H2,1H3. The number of sulfonamides is 1. The van der Waals surface area contributed by atoms with E-state index in [0.717, 1.165) is 25.7 Å². The molecule has 0 aromatic carbocycles. The van der Waals surface area contributed by atoms with Crippen LogP contribution < -0.4 is 0 Å². The van der Waals surface area contributed by atoms with Gasteiger partial charge in [-0.05, 0) is 19.8 Å². The summed E-state index contributed by atoms with van der Waals surface area (Å²) in [6.45, 7) is 2.36. The summed E-state index contributed by atoms with van der Waals surface area (Å²) in [5.41, 5.74) is 0. The number of rotatable bonds is 2. The molecule has 8 heteroatoms. The van der Waals surface area contributed by atoms with Gasteiger partial charge in [0.1, 0.15) is 0 Å². The third-order valence-electron chi connectivity index (χ3n) is 4.80. The van der Waals surface area contributed by atoms with Gasteiger partial charge in [0, 0.05) is 38.8 Å². The molecule has 0 amide bonds. The van der Waals surface area contributed by atoms with Gasteiger partial charge >= 0.3 is 0 Å². The lowest BCUT2D eigenvalue weighted by molar-refractivity contribution is -0.661.